The zero-order valence-electron chi connectivity index (χ0n) is 10.6. The van der Waals surface area contributed by atoms with Crippen molar-refractivity contribution in [3.63, 3.8) is 0 Å². The van der Waals surface area contributed by atoms with Gasteiger partial charge < -0.3 is 0 Å². The number of hydrogen-bond donors (Lipinski definition) is 0. The summed E-state index contributed by atoms with van der Waals surface area (Å²) in [6.45, 7) is 0. The van der Waals surface area contributed by atoms with Crippen molar-refractivity contribution in [2.24, 2.45) is 11.8 Å². The summed E-state index contributed by atoms with van der Waals surface area (Å²) in [5.74, 6) is 2.20. The van der Waals surface area contributed by atoms with E-state index in [-0.39, 0.29) is 0 Å². The summed E-state index contributed by atoms with van der Waals surface area (Å²) >= 11 is 5.97. The van der Waals surface area contributed by atoms with E-state index >= 15 is 0 Å². The smallest absolute Gasteiger partial charge is 0.0406 e. The van der Waals surface area contributed by atoms with Crippen molar-refractivity contribution in [3.05, 3.63) is 76.8 Å². The van der Waals surface area contributed by atoms with Crippen LogP contribution in [-0.4, -0.2) is 0 Å². The Kier molecular flexibility index (Phi) is 2.53. The molecular weight excluding hydrogens is 252 g/mol. The zero-order chi connectivity index (χ0) is 12.8. The van der Waals surface area contributed by atoms with E-state index in [1.165, 1.54) is 23.1 Å². The van der Waals surface area contributed by atoms with Gasteiger partial charge in [-0.2, -0.15) is 0 Å². The van der Waals surface area contributed by atoms with Crippen molar-refractivity contribution in [3.8, 4) is 0 Å². The molecule has 0 bridgehead atoms. The summed E-state index contributed by atoms with van der Waals surface area (Å²) < 4.78 is 0. The molecule has 94 valence electrons. The Labute approximate surface area is 118 Å². The summed E-state index contributed by atoms with van der Waals surface area (Å²) in [5, 5.41) is 0.814. The molecule has 4 rings (SSSR count). The predicted molar refractivity (Wildman–Crippen MR) is 80.2 cm³/mol. The zero-order valence-corrected chi connectivity index (χ0v) is 11.3. The fourth-order valence-electron chi connectivity index (χ4n) is 3.38. The van der Waals surface area contributed by atoms with Gasteiger partial charge in [0.2, 0.25) is 0 Å². The average Bonchev–Trinajstić information content (AvgIpc) is 3.15. The molecule has 3 atom stereocenters. The molecule has 0 aromatic heterocycles. The maximum absolute atomic E-state index is 5.97. The van der Waals surface area contributed by atoms with Crippen LogP contribution < -0.4 is 0 Å². The van der Waals surface area contributed by atoms with Gasteiger partial charge in [0.1, 0.15) is 0 Å². The van der Waals surface area contributed by atoms with Gasteiger partial charge in [-0.25, -0.2) is 0 Å². The van der Waals surface area contributed by atoms with Crippen LogP contribution >= 0.6 is 11.6 Å². The quantitative estimate of drug-likeness (QED) is 0.705. The highest BCUT2D eigenvalue weighted by molar-refractivity contribution is 6.30. The minimum absolute atomic E-state index is 0.608. The van der Waals surface area contributed by atoms with Crippen LogP contribution in [0.25, 0.3) is 5.57 Å². The molecule has 0 N–H and O–H groups in total. The van der Waals surface area contributed by atoms with Gasteiger partial charge in [-0.15, -0.1) is 0 Å². The predicted octanol–water partition coefficient (Wildman–Crippen LogP) is 5.16. The summed E-state index contributed by atoms with van der Waals surface area (Å²) in [7, 11) is 0. The molecule has 1 heteroatoms. The highest BCUT2D eigenvalue weighted by atomic mass is 35.5. The van der Waals surface area contributed by atoms with Crippen LogP contribution in [0.1, 0.15) is 23.5 Å². The van der Waals surface area contributed by atoms with Crippen LogP contribution in [0.2, 0.25) is 5.02 Å². The third kappa shape index (κ3) is 1.91. The van der Waals surface area contributed by atoms with Crippen molar-refractivity contribution < 1.29 is 0 Å². The number of hydrogen-bond acceptors (Lipinski definition) is 0. The van der Waals surface area contributed by atoms with Crippen molar-refractivity contribution in [2.45, 2.75) is 12.3 Å². The Morgan fingerprint density at radius 2 is 1.63 bits per heavy atom. The summed E-state index contributed by atoms with van der Waals surface area (Å²) in [6, 6.07) is 19.2. The van der Waals surface area contributed by atoms with E-state index in [4.69, 9.17) is 11.6 Å². The average molecular weight is 267 g/mol. The molecule has 0 nitrogen and oxygen atoms in total. The lowest BCUT2D eigenvalue weighted by Gasteiger charge is -2.09. The first kappa shape index (κ1) is 11.3. The first-order valence-corrected chi connectivity index (χ1v) is 7.23. The fourth-order valence-corrected chi connectivity index (χ4v) is 3.51. The van der Waals surface area contributed by atoms with Crippen molar-refractivity contribution in [1.82, 2.24) is 0 Å². The van der Waals surface area contributed by atoms with E-state index in [9.17, 15) is 0 Å². The second kappa shape index (κ2) is 4.25. The molecule has 0 heterocycles. The number of fused-ring (bicyclic) bond motifs is 1. The minimum atomic E-state index is 0.608. The lowest BCUT2D eigenvalue weighted by Crippen LogP contribution is -1.94. The maximum atomic E-state index is 5.97. The molecule has 19 heavy (non-hydrogen) atoms. The van der Waals surface area contributed by atoms with Crippen LogP contribution in [0.5, 0.6) is 0 Å². The number of benzene rings is 2. The Hall–Kier alpha value is -1.53. The normalized spacial score (nSPS) is 27.8. The van der Waals surface area contributed by atoms with Gasteiger partial charge in [-0.3, -0.25) is 0 Å². The lowest BCUT2D eigenvalue weighted by atomic mass is 9.95. The monoisotopic (exact) mass is 266 g/mol. The molecule has 2 aromatic carbocycles. The summed E-state index contributed by atoms with van der Waals surface area (Å²) in [6.07, 6.45) is 3.81. The Balaban J connectivity index is 1.70. The Morgan fingerprint density at radius 1 is 0.895 bits per heavy atom. The van der Waals surface area contributed by atoms with Crippen LogP contribution in [0.15, 0.2) is 60.7 Å². The molecule has 0 aliphatic heterocycles. The number of halogens is 1. The van der Waals surface area contributed by atoms with Gasteiger partial charge in [0.15, 0.2) is 0 Å². The van der Waals surface area contributed by atoms with Gasteiger partial charge in [0, 0.05) is 10.9 Å². The van der Waals surface area contributed by atoms with Gasteiger partial charge in [0.25, 0.3) is 0 Å². The van der Waals surface area contributed by atoms with E-state index in [0.717, 1.165) is 16.9 Å². The van der Waals surface area contributed by atoms with E-state index in [1.54, 1.807) is 0 Å². The first-order chi connectivity index (χ1) is 9.33. The first-order valence-electron chi connectivity index (χ1n) is 6.85. The highest BCUT2D eigenvalue weighted by Crippen LogP contribution is 2.61. The highest BCUT2D eigenvalue weighted by Gasteiger charge is 2.49. The number of rotatable bonds is 2. The molecule has 3 unspecified atom stereocenters. The van der Waals surface area contributed by atoms with Crippen LogP contribution in [0, 0.1) is 11.8 Å². The maximum Gasteiger partial charge on any atom is 0.0406 e. The van der Waals surface area contributed by atoms with Crippen LogP contribution in [0.4, 0.5) is 0 Å². The number of allylic oxidation sites excluding steroid dienone is 2. The standard InChI is InChI=1S/C18H15Cl/c19-14-8-6-13(7-9-14)16-10-15(17-11-18(16)17)12-4-2-1-3-5-12/h1-10,15,17-18H,11H2. The molecule has 0 amide bonds. The lowest BCUT2D eigenvalue weighted by molar-refractivity contribution is 0.731. The summed E-state index contributed by atoms with van der Waals surface area (Å²) in [5.41, 5.74) is 4.32. The van der Waals surface area contributed by atoms with Crippen molar-refractivity contribution in [1.29, 1.82) is 0 Å². The van der Waals surface area contributed by atoms with Crippen molar-refractivity contribution >= 4 is 17.2 Å². The Bertz CT molecular complexity index is 624. The molecule has 2 aromatic rings. The van der Waals surface area contributed by atoms with Crippen LogP contribution in [-0.2, 0) is 0 Å². The van der Waals surface area contributed by atoms with E-state index in [0.29, 0.717) is 5.92 Å². The van der Waals surface area contributed by atoms with E-state index < -0.39 is 0 Å². The van der Waals surface area contributed by atoms with Crippen LogP contribution in [0.3, 0.4) is 0 Å². The second-order valence-corrected chi connectivity index (χ2v) is 6.01. The molecule has 2 aliphatic carbocycles. The third-order valence-corrected chi connectivity index (χ3v) is 4.67. The SMILES string of the molecule is Clc1ccc(C2=CC(c3ccccc3)C3CC23)cc1. The molecule has 2 aliphatic rings. The van der Waals surface area contributed by atoms with E-state index in [2.05, 4.69) is 48.5 Å². The molecule has 1 saturated carbocycles. The molecular formula is C18H15Cl. The molecule has 0 spiro atoms. The molecule has 1 fully saturated rings. The second-order valence-electron chi connectivity index (χ2n) is 5.57. The Morgan fingerprint density at radius 3 is 2.37 bits per heavy atom. The van der Waals surface area contributed by atoms with Gasteiger partial charge in [0.05, 0.1) is 0 Å². The fraction of sp³-hybridized carbons (Fsp3) is 0.222. The minimum Gasteiger partial charge on any atom is -0.0843 e. The third-order valence-electron chi connectivity index (χ3n) is 4.42. The van der Waals surface area contributed by atoms with Gasteiger partial charge in [-0.1, -0.05) is 60.1 Å². The van der Waals surface area contributed by atoms with Crippen molar-refractivity contribution in [2.75, 3.05) is 0 Å². The topological polar surface area (TPSA) is 0 Å². The molecule has 0 saturated heterocycles. The van der Waals surface area contributed by atoms with Gasteiger partial charge >= 0.3 is 0 Å². The van der Waals surface area contributed by atoms with E-state index in [1.807, 2.05) is 12.1 Å². The van der Waals surface area contributed by atoms with Gasteiger partial charge in [-0.05, 0) is 47.1 Å². The summed E-state index contributed by atoms with van der Waals surface area (Å²) in [4.78, 5) is 0. The largest absolute Gasteiger partial charge is 0.0843 e. The molecule has 0 radical (unpaired) electrons.